The average Bonchev–Trinajstić information content (AvgIpc) is 2.16. The summed E-state index contributed by atoms with van der Waals surface area (Å²) in [6.45, 7) is 0. The summed E-state index contributed by atoms with van der Waals surface area (Å²) in [5, 5.41) is 9.31. The fraction of sp³-hybridized carbons (Fsp3) is 0.125. The third kappa shape index (κ3) is 1.49. The lowest BCUT2D eigenvalue weighted by Crippen LogP contribution is -1.85. The summed E-state index contributed by atoms with van der Waals surface area (Å²) in [7, 11) is 1.21. The molecule has 3 nitrogen and oxygen atoms in total. The normalized spacial score (nSPS) is 13.0. The smallest absolute Gasteiger partial charge is 0.161 e. The van der Waals surface area contributed by atoms with Gasteiger partial charge in [0, 0.05) is 5.56 Å². The maximum Gasteiger partial charge on any atom is 0.161 e. The van der Waals surface area contributed by atoms with Crippen molar-refractivity contribution in [2.24, 2.45) is 0 Å². The molecule has 0 bridgehead atoms. The number of phenolic OH excluding ortho intramolecular Hbond substituents is 1. The second kappa shape index (κ2) is 3.05. The Hall–Kier alpha value is -1.51. The molecule has 1 aromatic rings. The van der Waals surface area contributed by atoms with E-state index in [-0.39, 0.29) is 17.4 Å². The Morgan fingerprint density at radius 3 is 3.00 bits per heavy atom. The highest BCUT2D eigenvalue weighted by molar-refractivity contribution is 5.76. The predicted octanol–water partition coefficient (Wildman–Crippen LogP) is 1.21. The zero-order chi connectivity index (χ0) is 10.9. The summed E-state index contributed by atoms with van der Waals surface area (Å²) < 4.78 is 26.6. The van der Waals surface area contributed by atoms with Gasteiger partial charge < -0.3 is 9.84 Å². The molecule has 11 heavy (non-hydrogen) atoms. The molecule has 1 rings (SSSR count). The fourth-order valence-electron chi connectivity index (χ4n) is 0.603. The van der Waals surface area contributed by atoms with E-state index in [1.165, 1.54) is 7.11 Å². The van der Waals surface area contributed by atoms with E-state index in [2.05, 4.69) is 4.74 Å². The molecule has 0 radical (unpaired) electrons. The Kier molecular flexibility index (Phi) is 1.22. The molecule has 0 unspecified atom stereocenters. The minimum atomic E-state index is -0.590. The van der Waals surface area contributed by atoms with Gasteiger partial charge in [-0.1, -0.05) is 0 Å². The average molecular weight is 155 g/mol. The van der Waals surface area contributed by atoms with Crippen LogP contribution in [0.4, 0.5) is 0 Å². The second-order valence-electron chi connectivity index (χ2n) is 1.79. The van der Waals surface area contributed by atoms with Crippen molar-refractivity contribution in [1.29, 1.82) is 0 Å². The van der Waals surface area contributed by atoms with Crippen LogP contribution in [0.1, 0.15) is 14.5 Å². The molecular formula is C8H8O3. The molecule has 0 heterocycles. The van der Waals surface area contributed by atoms with Crippen LogP contribution in [0.3, 0.4) is 0 Å². The summed E-state index contributed by atoms with van der Waals surface area (Å²) in [6, 6.07) is -1.36. The first-order valence-corrected chi connectivity index (χ1v) is 2.86. The van der Waals surface area contributed by atoms with Gasteiger partial charge in [-0.2, -0.15) is 0 Å². The molecule has 0 atom stereocenters. The molecule has 0 aliphatic heterocycles. The molecule has 0 spiro atoms. The number of carbonyl (C=O) groups excluding carboxylic acids is 1. The van der Waals surface area contributed by atoms with E-state index in [4.69, 9.17) is 4.11 Å². The van der Waals surface area contributed by atoms with Crippen LogP contribution in [0.5, 0.6) is 11.5 Å². The van der Waals surface area contributed by atoms with Crippen LogP contribution in [0.2, 0.25) is 0 Å². The number of aldehydes is 1. The van der Waals surface area contributed by atoms with E-state index >= 15 is 0 Å². The van der Waals surface area contributed by atoms with Crippen LogP contribution in [0.25, 0.3) is 0 Å². The molecular weight excluding hydrogens is 144 g/mol. The summed E-state index contributed by atoms with van der Waals surface area (Å²) in [5.74, 6) is -0.846. The summed E-state index contributed by atoms with van der Waals surface area (Å²) in [6.07, 6.45) is 0.296. The minimum Gasteiger partial charge on any atom is -0.504 e. The predicted molar refractivity (Wildman–Crippen MR) is 40.0 cm³/mol. The molecule has 58 valence electrons. The second-order valence-corrected chi connectivity index (χ2v) is 1.79. The number of rotatable bonds is 2. The Labute approximate surface area is 68.4 Å². The van der Waals surface area contributed by atoms with Crippen molar-refractivity contribution in [2.75, 3.05) is 7.11 Å². The molecule has 0 amide bonds. The van der Waals surface area contributed by atoms with Crippen LogP contribution in [0.15, 0.2) is 18.1 Å². The monoisotopic (exact) mass is 155 g/mol. The van der Waals surface area contributed by atoms with E-state index in [0.717, 1.165) is 0 Å². The van der Waals surface area contributed by atoms with Crippen molar-refractivity contribution < 1.29 is 18.8 Å². The zero-order valence-corrected chi connectivity index (χ0v) is 5.84. The third-order valence-corrected chi connectivity index (χ3v) is 1.10. The molecule has 1 N–H and O–H groups in total. The highest BCUT2D eigenvalue weighted by atomic mass is 16.5. The van der Waals surface area contributed by atoms with Gasteiger partial charge in [0.05, 0.1) is 11.2 Å². The topological polar surface area (TPSA) is 46.5 Å². The molecule has 0 aromatic heterocycles. The van der Waals surface area contributed by atoms with Crippen LogP contribution < -0.4 is 4.74 Å². The van der Waals surface area contributed by atoms with E-state index in [1.807, 2.05) is 0 Å². The number of hydrogen-bond acceptors (Lipinski definition) is 3. The number of methoxy groups -OCH3 is 1. The first-order valence-electron chi connectivity index (χ1n) is 4.36. The highest BCUT2D eigenvalue weighted by Gasteiger charge is 2.00. The minimum absolute atomic E-state index is 0.256. The van der Waals surface area contributed by atoms with Gasteiger partial charge in [0.25, 0.3) is 0 Å². The quantitative estimate of drug-likeness (QED) is 0.653. The van der Waals surface area contributed by atoms with Crippen molar-refractivity contribution in [3.8, 4) is 11.5 Å². The largest absolute Gasteiger partial charge is 0.504 e. The fourth-order valence-corrected chi connectivity index (χ4v) is 0.603. The van der Waals surface area contributed by atoms with Crippen molar-refractivity contribution in [2.45, 2.75) is 0 Å². The molecule has 0 saturated heterocycles. The standard InChI is InChI=1S/C8H8O3/c1-11-8-4-6(5-9)2-3-7(8)10/h2-5,10H,1H3/i2D,3D,4D. The number of ether oxygens (including phenoxy) is 1. The number of hydrogen-bond donors (Lipinski definition) is 1. The molecule has 0 aliphatic rings. The van der Waals surface area contributed by atoms with Crippen LogP contribution in [0, 0.1) is 0 Å². The Bertz CT molecular complexity index is 390. The van der Waals surface area contributed by atoms with E-state index < -0.39 is 17.8 Å². The van der Waals surface area contributed by atoms with Crippen molar-refractivity contribution >= 4 is 6.29 Å². The van der Waals surface area contributed by atoms with E-state index in [1.54, 1.807) is 0 Å². The summed E-state index contributed by atoms with van der Waals surface area (Å²) in [5.41, 5.74) is -0.260. The Morgan fingerprint density at radius 1 is 1.73 bits per heavy atom. The van der Waals surface area contributed by atoms with Crippen molar-refractivity contribution in [1.82, 2.24) is 0 Å². The molecule has 0 aliphatic carbocycles. The number of carbonyl (C=O) groups is 1. The zero-order valence-electron chi connectivity index (χ0n) is 8.84. The van der Waals surface area contributed by atoms with Crippen molar-refractivity contribution in [3.05, 3.63) is 23.7 Å². The van der Waals surface area contributed by atoms with Gasteiger partial charge in [0.2, 0.25) is 0 Å². The summed E-state index contributed by atoms with van der Waals surface area (Å²) >= 11 is 0. The third-order valence-electron chi connectivity index (χ3n) is 1.10. The van der Waals surface area contributed by atoms with Gasteiger partial charge >= 0.3 is 0 Å². The first-order chi connectivity index (χ1) is 6.54. The molecule has 1 aromatic carbocycles. The number of phenols is 1. The molecule has 0 fully saturated rings. The van der Waals surface area contributed by atoms with Crippen LogP contribution in [-0.4, -0.2) is 18.5 Å². The number of benzene rings is 1. The number of aromatic hydroxyl groups is 1. The van der Waals surface area contributed by atoms with Gasteiger partial charge in [0.15, 0.2) is 11.5 Å². The Balaban J connectivity index is 3.64. The Morgan fingerprint density at radius 2 is 2.45 bits per heavy atom. The lowest BCUT2D eigenvalue weighted by molar-refractivity contribution is 0.112. The van der Waals surface area contributed by atoms with Gasteiger partial charge in [0.1, 0.15) is 6.29 Å². The van der Waals surface area contributed by atoms with Gasteiger partial charge in [-0.25, -0.2) is 0 Å². The molecule has 0 saturated carbocycles. The lowest BCUT2D eigenvalue weighted by Gasteiger charge is -2.01. The SMILES string of the molecule is [2H]c1c([2H])c(C=O)c([2H])c(OC)c1O. The van der Waals surface area contributed by atoms with Crippen molar-refractivity contribution in [3.63, 3.8) is 0 Å². The lowest BCUT2D eigenvalue weighted by atomic mass is 10.2. The van der Waals surface area contributed by atoms with E-state index in [9.17, 15) is 9.90 Å². The van der Waals surface area contributed by atoms with Crippen LogP contribution in [-0.2, 0) is 0 Å². The van der Waals surface area contributed by atoms with E-state index in [0.29, 0.717) is 6.29 Å². The van der Waals surface area contributed by atoms with Gasteiger partial charge in [-0.3, -0.25) is 4.79 Å². The maximum absolute atomic E-state index is 10.5. The van der Waals surface area contributed by atoms with Crippen LogP contribution >= 0.6 is 0 Å². The first kappa shape index (κ1) is 4.38. The van der Waals surface area contributed by atoms with Gasteiger partial charge in [-0.15, -0.1) is 0 Å². The molecule has 3 heteroatoms. The highest BCUT2D eigenvalue weighted by Crippen LogP contribution is 2.25. The maximum atomic E-state index is 10.5. The van der Waals surface area contributed by atoms with Gasteiger partial charge in [-0.05, 0) is 18.1 Å². The summed E-state index contributed by atoms with van der Waals surface area (Å²) in [4.78, 5) is 10.5.